The molecule has 0 amide bonds. The van der Waals surface area contributed by atoms with Crippen molar-refractivity contribution in [2.24, 2.45) is 0 Å². The summed E-state index contributed by atoms with van der Waals surface area (Å²) in [4.78, 5) is 10.6. The van der Waals surface area contributed by atoms with Gasteiger partial charge in [-0.25, -0.2) is 4.98 Å². The lowest BCUT2D eigenvalue weighted by Crippen LogP contribution is -2.32. The van der Waals surface area contributed by atoms with Gasteiger partial charge in [-0.1, -0.05) is 6.92 Å². The highest BCUT2D eigenvalue weighted by Gasteiger charge is 2.11. The van der Waals surface area contributed by atoms with E-state index in [-0.39, 0.29) is 0 Å². The van der Waals surface area contributed by atoms with Gasteiger partial charge in [0.15, 0.2) is 0 Å². The Morgan fingerprint density at radius 1 is 1.38 bits per heavy atom. The van der Waals surface area contributed by atoms with E-state index in [1.165, 1.54) is 0 Å². The molecule has 0 saturated heterocycles. The smallest absolute Gasteiger partial charge is 0.147 e. The van der Waals surface area contributed by atoms with Gasteiger partial charge in [0.1, 0.15) is 5.82 Å². The fraction of sp³-hybridized carbons (Fsp3) is 0.600. The van der Waals surface area contributed by atoms with Crippen molar-refractivity contribution in [2.75, 3.05) is 11.4 Å². The second-order valence-electron chi connectivity index (χ2n) is 3.11. The maximum absolute atomic E-state index is 4.28. The molecule has 3 nitrogen and oxygen atoms in total. The van der Waals surface area contributed by atoms with E-state index >= 15 is 0 Å². The molecule has 72 valence electrons. The summed E-state index contributed by atoms with van der Waals surface area (Å²) in [5, 5.41) is 0. The van der Waals surface area contributed by atoms with Gasteiger partial charge in [0, 0.05) is 25.0 Å². The maximum atomic E-state index is 4.28. The molecule has 1 aromatic rings. The molecular weight excluding hydrogens is 162 g/mol. The topological polar surface area (TPSA) is 29.0 Å². The summed E-state index contributed by atoms with van der Waals surface area (Å²) in [5.41, 5.74) is 0. The zero-order valence-electron chi connectivity index (χ0n) is 8.57. The van der Waals surface area contributed by atoms with E-state index in [1.54, 1.807) is 12.4 Å². The van der Waals surface area contributed by atoms with Crippen LogP contribution in [0, 0.1) is 0 Å². The van der Waals surface area contributed by atoms with E-state index in [1.807, 2.05) is 6.20 Å². The van der Waals surface area contributed by atoms with E-state index < -0.39 is 0 Å². The number of aromatic nitrogens is 2. The number of hydrogen-bond acceptors (Lipinski definition) is 3. The maximum Gasteiger partial charge on any atom is 0.147 e. The minimum atomic E-state index is 0.529. The van der Waals surface area contributed by atoms with Crippen LogP contribution in [-0.2, 0) is 0 Å². The number of hydrogen-bond donors (Lipinski definition) is 0. The Bertz CT molecular complexity index is 235. The Hall–Kier alpha value is -1.12. The van der Waals surface area contributed by atoms with Crippen molar-refractivity contribution in [3.05, 3.63) is 18.6 Å². The molecule has 0 radical (unpaired) electrons. The summed E-state index contributed by atoms with van der Waals surface area (Å²) in [6, 6.07) is 0.529. The molecule has 0 fully saturated rings. The summed E-state index contributed by atoms with van der Waals surface area (Å²) < 4.78 is 0. The van der Waals surface area contributed by atoms with Crippen molar-refractivity contribution in [3.8, 4) is 0 Å². The van der Waals surface area contributed by atoms with Gasteiger partial charge >= 0.3 is 0 Å². The van der Waals surface area contributed by atoms with E-state index in [4.69, 9.17) is 0 Å². The van der Waals surface area contributed by atoms with Crippen LogP contribution in [0.15, 0.2) is 18.6 Å². The molecular formula is C10H17N3. The van der Waals surface area contributed by atoms with Gasteiger partial charge in [0.05, 0.1) is 6.20 Å². The quantitative estimate of drug-likeness (QED) is 0.708. The molecule has 1 aromatic heterocycles. The lowest BCUT2D eigenvalue weighted by Gasteiger charge is -2.27. The number of anilines is 1. The Kier molecular flexibility index (Phi) is 3.68. The summed E-state index contributed by atoms with van der Waals surface area (Å²) in [7, 11) is 0. The first-order valence-electron chi connectivity index (χ1n) is 4.82. The predicted molar refractivity (Wildman–Crippen MR) is 54.8 cm³/mol. The number of nitrogens with zero attached hydrogens (tertiary/aromatic N) is 3. The summed E-state index contributed by atoms with van der Waals surface area (Å²) in [6.07, 6.45) is 6.38. The van der Waals surface area contributed by atoms with E-state index in [2.05, 4.69) is 35.6 Å². The van der Waals surface area contributed by atoms with Gasteiger partial charge < -0.3 is 4.90 Å². The Morgan fingerprint density at radius 2 is 2.15 bits per heavy atom. The molecule has 1 heterocycles. The van der Waals surface area contributed by atoms with Crippen LogP contribution >= 0.6 is 0 Å². The summed E-state index contributed by atoms with van der Waals surface area (Å²) in [6.45, 7) is 7.51. The molecule has 0 N–H and O–H groups in total. The van der Waals surface area contributed by atoms with Crippen molar-refractivity contribution in [3.63, 3.8) is 0 Å². The average molecular weight is 179 g/mol. The Labute approximate surface area is 79.8 Å². The third-order valence-corrected chi connectivity index (χ3v) is 2.31. The van der Waals surface area contributed by atoms with Crippen LogP contribution in [0.25, 0.3) is 0 Å². The standard InChI is InChI=1S/C10H17N3/c1-4-9(3)13(5-2)10-8-11-6-7-12-10/h6-9H,4-5H2,1-3H3. The highest BCUT2D eigenvalue weighted by Crippen LogP contribution is 2.12. The monoisotopic (exact) mass is 179 g/mol. The van der Waals surface area contributed by atoms with E-state index in [9.17, 15) is 0 Å². The van der Waals surface area contributed by atoms with Crippen LogP contribution in [-0.4, -0.2) is 22.6 Å². The Morgan fingerprint density at radius 3 is 2.62 bits per heavy atom. The van der Waals surface area contributed by atoms with Crippen LogP contribution < -0.4 is 4.90 Å². The van der Waals surface area contributed by atoms with Gasteiger partial charge in [-0.2, -0.15) is 0 Å². The van der Waals surface area contributed by atoms with E-state index in [0.717, 1.165) is 18.8 Å². The zero-order chi connectivity index (χ0) is 9.68. The van der Waals surface area contributed by atoms with Crippen molar-refractivity contribution in [2.45, 2.75) is 33.2 Å². The van der Waals surface area contributed by atoms with Gasteiger partial charge in [-0.05, 0) is 20.3 Å². The van der Waals surface area contributed by atoms with E-state index in [0.29, 0.717) is 6.04 Å². The molecule has 1 atom stereocenters. The lowest BCUT2D eigenvalue weighted by molar-refractivity contribution is 0.622. The third-order valence-electron chi connectivity index (χ3n) is 2.31. The molecule has 3 heteroatoms. The minimum absolute atomic E-state index is 0.529. The molecule has 1 rings (SSSR count). The fourth-order valence-electron chi connectivity index (χ4n) is 1.36. The van der Waals surface area contributed by atoms with Crippen LogP contribution in [0.1, 0.15) is 27.2 Å². The largest absolute Gasteiger partial charge is 0.353 e. The first kappa shape index (κ1) is 9.96. The molecule has 0 aliphatic heterocycles. The van der Waals surface area contributed by atoms with Crippen LogP contribution in [0.3, 0.4) is 0 Å². The van der Waals surface area contributed by atoms with Crippen molar-refractivity contribution in [1.82, 2.24) is 9.97 Å². The third kappa shape index (κ3) is 2.41. The van der Waals surface area contributed by atoms with Gasteiger partial charge in [0.25, 0.3) is 0 Å². The number of rotatable bonds is 4. The molecule has 0 bridgehead atoms. The van der Waals surface area contributed by atoms with Crippen molar-refractivity contribution >= 4 is 5.82 Å². The fourth-order valence-corrected chi connectivity index (χ4v) is 1.36. The second-order valence-corrected chi connectivity index (χ2v) is 3.11. The first-order chi connectivity index (χ1) is 6.29. The highest BCUT2D eigenvalue weighted by molar-refractivity contribution is 5.35. The normalized spacial score (nSPS) is 12.5. The lowest BCUT2D eigenvalue weighted by atomic mass is 10.2. The van der Waals surface area contributed by atoms with Crippen molar-refractivity contribution in [1.29, 1.82) is 0 Å². The van der Waals surface area contributed by atoms with Crippen molar-refractivity contribution < 1.29 is 0 Å². The minimum Gasteiger partial charge on any atom is -0.353 e. The molecule has 0 aliphatic carbocycles. The van der Waals surface area contributed by atoms with Gasteiger partial charge in [-0.3, -0.25) is 4.98 Å². The van der Waals surface area contributed by atoms with Gasteiger partial charge in [0.2, 0.25) is 0 Å². The molecule has 0 spiro atoms. The predicted octanol–water partition coefficient (Wildman–Crippen LogP) is 2.10. The second kappa shape index (κ2) is 4.80. The highest BCUT2D eigenvalue weighted by atomic mass is 15.2. The zero-order valence-corrected chi connectivity index (χ0v) is 8.57. The molecule has 0 saturated carbocycles. The SMILES string of the molecule is CCC(C)N(CC)c1cnccn1. The van der Waals surface area contributed by atoms with Crippen LogP contribution in [0.4, 0.5) is 5.82 Å². The van der Waals surface area contributed by atoms with Gasteiger partial charge in [-0.15, -0.1) is 0 Å². The van der Waals surface area contributed by atoms with Crippen LogP contribution in [0.2, 0.25) is 0 Å². The Balaban J connectivity index is 2.78. The molecule has 13 heavy (non-hydrogen) atoms. The van der Waals surface area contributed by atoms with Crippen LogP contribution in [0.5, 0.6) is 0 Å². The molecule has 0 aliphatic rings. The summed E-state index contributed by atoms with van der Waals surface area (Å²) in [5.74, 6) is 0.972. The first-order valence-corrected chi connectivity index (χ1v) is 4.82. The molecule has 0 aromatic carbocycles. The average Bonchev–Trinajstić information content (AvgIpc) is 2.20. The molecule has 1 unspecified atom stereocenters. The summed E-state index contributed by atoms with van der Waals surface area (Å²) >= 11 is 0.